The normalized spacial score (nSPS) is 18.1. The first-order valence-corrected chi connectivity index (χ1v) is 5.59. The summed E-state index contributed by atoms with van der Waals surface area (Å²) in [4.78, 5) is 0. The van der Waals surface area contributed by atoms with Gasteiger partial charge in [-0.25, -0.2) is 5.26 Å². The van der Waals surface area contributed by atoms with E-state index >= 15 is 0 Å². The fourth-order valence-corrected chi connectivity index (χ4v) is 1.83. The van der Waals surface area contributed by atoms with Crippen LogP contribution >= 0.6 is 0 Å². The summed E-state index contributed by atoms with van der Waals surface area (Å²) in [6.07, 6.45) is 2.78. The van der Waals surface area contributed by atoms with Gasteiger partial charge in [0, 0.05) is 19.4 Å². The molecule has 0 amide bonds. The van der Waals surface area contributed by atoms with E-state index in [1.54, 1.807) is 0 Å². The van der Waals surface area contributed by atoms with E-state index in [0.717, 1.165) is 13.3 Å². The van der Waals surface area contributed by atoms with Crippen molar-refractivity contribution in [3.63, 3.8) is 0 Å². The van der Waals surface area contributed by atoms with E-state index in [4.69, 9.17) is 10.00 Å². The predicted octanol–water partition coefficient (Wildman–Crippen LogP) is 1.63. The third-order valence-electron chi connectivity index (χ3n) is 2.76. The summed E-state index contributed by atoms with van der Waals surface area (Å²) >= 11 is 3.70. The zero-order chi connectivity index (χ0) is 10.9. The zero-order valence-corrected chi connectivity index (χ0v) is 9.98. The third kappa shape index (κ3) is 4.75. The van der Waals surface area contributed by atoms with E-state index in [0.29, 0.717) is 0 Å². The number of quaternary nitrogens is 1. The smallest absolute Gasteiger partial charge is 0.183 e. The van der Waals surface area contributed by atoms with Gasteiger partial charge >= 0.3 is 0 Å². The van der Waals surface area contributed by atoms with Crippen molar-refractivity contribution in [2.24, 2.45) is 0 Å². The molecule has 0 aromatic rings. The van der Waals surface area contributed by atoms with Gasteiger partial charge < -0.3 is 21.8 Å². The number of hydrogen-bond acceptors (Lipinski definition) is 3. The molecule has 82 valence electrons. The lowest BCUT2D eigenvalue weighted by molar-refractivity contribution is -0.933. The number of likely N-dealkylation sites (tertiary alicyclic amines) is 1. The molecule has 4 heteroatoms. The van der Waals surface area contributed by atoms with Crippen LogP contribution < -0.4 is 0 Å². The molecular formula is C10H20N2OS. The molecule has 0 aromatic heterocycles. The maximum atomic E-state index is 7.13. The molecule has 0 atom stereocenters. The summed E-state index contributed by atoms with van der Waals surface area (Å²) < 4.78 is 6.69. The molecule has 3 nitrogen and oxygen atoms in total. The molecule has 1 aliphatic rings. The van der Waals surface area contributed by atoms with Crippen molar-refractivity contribution < 1.29 is 9.22 Å². The second-order valence-electron chi connectivity index (χ2n) is 3.53. The lowest BCUT2D eigenvalue weighted by Crippen LogP contribution is -2.46. The minimum Gasteiger partial charge on any atom is -0.696 e. The number of rotatable bonds is 4. The van der Waals surface area contributed by atoms with Crippen LogP contribution in [0.5, 0.6) is 0 Å². The van der Waals surface area contributed by atoms with E-state index < -0.39 is 0 Å². The Morgan fingerprint density at radius 1 is 1.36 bits per heavy atom. The van der Waals surface area contributed by atoms with Gasteiger partial charge in [0.25, 0.3) is 0 Å². The third-order valence-corrected chi connectivity index (χ3v) is 2.76. The second kappa shape index (κ2) is 7.98. The number of ether oxygens (including phenoxy) is 1. The molecule has 1 heterocycles. The van der Waals surface area contributed by atoms with Crippen LogP contribution in [0.1, 0.15) is 26.7 Å². The Hall–Kier alpha value is -0.370. The molecule has 0 N–H and O–H groups in total. The van der Waals surface area contributed by atoms with Crippen LogP contribution in [-0.2, 0) is 17.4 Å². The molecule has 1 aliphatic heterocycles. The number of nitrogens with zero attached hydrogens (tertiary/aromatic N) is 2. The average molecular weight is 216 g/mol. The van der Waals surface area contributed by atoms with Crippen molar-refractivity contribution >= 4 is 12.6 Å². The maximum absolute atomic E-state index is 7.13. The molecule has 0 aliphatic carbocycles. The van der Waals surface area contributed by atoms with E-state index in [9.17, 15) is 0 Å². The van der Waals surface area contributed by atoms with E-state index in [1.165, 1.54) is 42.4 Å². The Labute approximate surface area is 92.7 Å². The Morgan fingerprint density at radius 2 is 1.86 bits per heavy atom. The summed E-state index contributed by atoms with van der Waals surface area (Å²) in [6.45, 7) is 10.0. The van der Waals surface area contributed by atoms with Gasteiger partial charge in [-0.3, -0.25) is 0 Å². The van der Waals surface area contributed by atoms with Crippen LogP contribution in [0.15, 0.2) is 0 Å². The quantitative estimate of drug-likeness (QED) is 0.407. The molecule has 14 heavy (non-hydrogen) atoms. The highest BCUT2D eigenvalue weighted by atomic mass is 32.1. The van der Waals surface area contributed by atoms with E-state index in [1.807, 2.05) is 0 Å². The van der Waals surface area contributed by atoms with Gasteiger partial charge in [-0.1, -0.05) is 5.40 Å². The summed E-state index contributed by atoms with van der Waals surface area (Å²) in [7, 11) is 0. The fraction of sp³-hybridized carbons (Fsp3) is 0.900. The van der Waals surface area contributed by atoms with E-state index in [2.05, 4.69) is 26.5 Å². The minimum absolute atomic E-state index is 0.861. The highest BCUT2D eigenvalue weighted by molar-refractivity contribution is 7.64. The van der Waals surface area contributed by atoms with Crippen LogP contribution in [0.2, 0.25) is 0 Å². The molecule has 0 spiro atoms. The molecule has 0 saturated carbocycles. The molecule has 1 fully saturated rings. The van der Waals surface area contributed by atoms with Crippen molar-refractivity contribution in [3.05, 3.63) is 0 Å². The van der Waals surface area contributed by atoms with Gasteiger partial charge in [-0.15, -0.1) is 0 Å². The van der Waals surface area contributed by atoms with Crippen LogP contribution in [0.3, 0.4) is 0 Å². The summed E-state index contributed by atoms with van der Waals surface area (Å²) in [5, 5.41) is 8.47. The van der Waals surface area contributed by atoms with Crippen LogP contribution in [-0.4, -0.2) is 37.5 Å². The van der Waals surface area contributed by atoms with Crippen LogP contribution in [0.25, 0.3) is 0 Å². The number of thiocyanates is 1. The zero-order valence-electron chi connectivity index (χ0n) is 9.16. The lowest BCUT2D eigenvalue weighted by Gasteiger charge is -2.32. The van der Waals surface area contributed by atoms with Gasteiger partial charge in [0.1, 0.15) is 0 Å². The van der Waals surface area contributed by atoms with Gasteiger partial charge in [0.2, 0.25) is 0 Å². The van der Waals surface area contributed by atoms with Crippen molar-refractivity contribution in [2.45, 2.75) is 26.7 Å². The SMILES string of the molecule is CCOC[N+]1(CC)CCCC1.N#C[S-]. The van der Waals surface area contributed by atoms with Gasteiger partial charge in [0.15, 0.2) is 6.73 Å². The molecule has 0 unspecified atom stereocenters. The van der Waals surface area contributed by atoms with Crippen LogP contribution in [0, 0.1) is 10.7 Å². The summed E-state index contributed by atoms with van der Waals surface area (Å²) in [5.74, 6) is 0. The topological polar surface area (TPSA) is 33.0 Å². The largest absolute Gasteiger partial charge is 0.696 e. The van der Waals surface area contributed by atoms with Crippen molar-refractivity contribution in [2.75, 3.05) is 33.0 Å². The second-order valence-corrected chi connectivity index (χ2v) is 3.71. The highest BCUT2D eigenvalue weighted by Crippen LogP contribution is 2.18. The first-order chi connectivity index (χ1) is 6.74. The Bertz CT molecular complexity index is 173. The van der Waals surface area contributed by atoms with Crippen molar-refractivity contribution in [1.82, 2.24) is 0 Å². The van der Waals surface area contributed by atoms with E-state index in [-0.39, 0.29) is 0 Å². The average Bonchev–Trinajstić information content (AvgIpc) is 2.65. The first kappa shape index (κ1) is 13.6. The first-order valence-electron chi connectivity index (χ1n) is 5.18. The molecule has 0 radical (unpaired) electrons. The molecule has 1 rings (SSSR count). The summed E-state index contributed by atoms with van der Waals surface area (Å²) in [6, 6.07) is 0. The fourth-order valence-electron chi connectivity index (χ4n) is 1.83. The minimum atomic E-state index is 0.861. The lowest BCUT2D eigenvalue weighted by atomic mass is 10.4. The monoisotopic (exact) mass is 216 g/mol. The Morgan fingerprint density at radius 3 is 2.21 bits per heavy atom. The Kier molecular flexibility index (Phi) is 7.77. The van der Waals surface area contributed by atoms with Crippen molar-refractivity contribution in [3.8, 4) is 5.40 Å². The van der Waals surface area contributed by atoms with Gasteiger partial charge in [-0.2, -0.15) is 0 Å². The standard InChI is InChI=1S/C9H20NO.CHNS/c1-3-10(9-11-4-2)7-5-6-8-10;2-1-3/h3-9H2,1-2H3;3H/q+1;/p-1. The van der Waals surface area contributed by atoms with Crippen molar-refractivity contribution in [1.29, 1.82) is 5.26 Å². The molecule has 0 bridgehead atoms. The van der Waals surface area contributed by atoms with Crippen LogP contribution in [0.4, 0.5) is 0 Å². The number of nitriles is 1. The molecule has 0 aromatic carbocycles. The predicted molar refractivity (Wildman–Crippen MR) is 59.2 cm³/mol. The van der Waals surface area contributed by atoms with Gasteiger partial charge in [-0.05, 0) is 13.8 Å². The number of hydrogen-bond donors (Lipinski definition) is 0. The van der Waals surface area contributed by atoms with Gasteiger partial charge in [0.05, 0.1) is 19.6 Å². The molecule has 1 saturated heterocycles. The summed E-state index contributed by atoms with van der Waals surface area (Å²) in [5.41, 5.74) is 0. The maximum Gasteiger partial charge on any atom is 0.183 e. The highest BCUT2D eigenvalue weighted by Gasteiger charge is 2.29. The Balaban J connectivity index is 0.000000500. The molecular weight excluding hydrogens is 196 g/mol.